The molecule has 6 nitrogen and oxygen atoms in total. The van der Waals surface area contributed by atoms with Crippen molar-refractivity contribution in [1.29, 1.82) is 0 Å². The lowest BCUT2D eigenvalue weighted by molar-refractivity contribution is -0.121. The molecule has 1 aromatic carbocycles. The van der Waals surface area contributed by atoms with E-state index in [2.05, 4.69) is 10.6 Å². The van der Waals surface area contributed by atoms with E-state index in [4.69, 9.17) is 16.0 Å². The molecule has 0 radical (unpaired) electrons. The molecule has 1 aliphatic heterocycles. The summed E-state index contributed by atoms with van der Waals surface area (Å²) in [6.07, 6.45) is 3.21. The molecule has 150 valence electrons. The summed E-state index contributed by atoms with van der Waals surface area (Å²) in [5.41, 5.74) is 0.726. The lowest BCUT2D eigenvalue weighted by Crippen LogP contribution is -2.42. The predicted octanol–water partition coefficient (Wildman–Crippen LogP) is 4.58. The molecule has 0 saturated carbocycles. The van der Waals surface area contributed by atoms with E-state index >= 15 is 0 Å². The first-order valence-electron chi connectivity index (χ1n) is 9.63. The summed E-state index contributed by atoms with van der Waals surface area (Å²) in [4.78, 5) is 26.4. The second-order valence-corrected chi connectivity index (χ2v) is 7.66. The van der Waals surface area contributed by atoms with Gasteiger partial charge in [0.1, 0.15) is 11.5 Å². The van der Waals surface area contributed by atoms with Gasteiger partial charge >= 0.3 is 6.03 Å². The number of carbonyl (C=O) groups is 2. The lowest BCUT2D eigenvalue weighted by atomic mass is 9.93. The van der Waals surface area contributed by atoms with Crippen LogP contribution in [0.15, 0.2) is 40.8 Å². The maximum Gasteiger partial charge on any atom is 0.321 e. The second-order valence-electron chi connectivity index (χ2n) is 7.22. The van der Waals surface area contributed by atoms with E-state index in [0.717, 1.165) is 43.0 Å². The van der Waals surface area contributed by atoms with E-state index in [0.29, 0.717) is 30.5 Å². The molecule has 28 heavy (non-hydrogen) atoms. The fourth-order valence-electron chi connectivity index (χ4n) is 3.41. The Morgan fingerprint density at radius 2 is 2.00 bits per heavy atom. The van der Waals surface area contributed by atoms with Crippen LogP contribution in [0.2, 0.25) is 5.02 Å². The Morgan fingerprint density at radius 3 is 2.71 bits per heavy atom. The van der Waals surface area contributed by atoms with Gasteiger partial charge in [-0.25, -0.2) is 4.79 Å². The Balaban J connectivity index is 1.40. The standard InChI is InChI=1S/C21H26ClN3O3/c1-15-4-10-19(28-15)13-23-20(26)11-5-16-3-2-12-25(14-16)21(27)24-18-8-6-17(22)7-9-18/h4,6-10,16H,2-3,5,11-14H2,1H3,(H,23,26)(H,24,27)/t16-/m0/s1. The number of likely N-dealkylation sites (tertiary alicyclic amines) is 1. The smallest absolute Gasteiger partial charge is 0.321 e. The minimum absolute atomic E-state index is 0.0109. The van der Waals surface area contributed by atoms with Gasteiger partial charge in [0.05, 0.1) is 6.54 Å². The molecule has 7 heteroatoms. The van der Waals surface area contributed by atoms with Crippen LogP contribution in [0.4, 0.5) is 10.5 Å². The number of piperidine rings is 1. The molecule has 3 rings (SSSR count). The van der Waals surface area contributed by atoms with E-state index in [9.17, 15) is 9.59 Å². The number of amides is 3. The van der Waals surface area contributed by atoms with E-state index in [1.165, 1.54) is 0 Å². The first kappa shape index (κ1) is 20.3. The number of anilines is 1. The Morgan fingerprint density at radius 1 is 1.21 bits per heavy atom. The van der Waals surface area contributed by atoms with Crippen molar-refractivity contribution in [2.45, 2.75) is 39.2 Å². The molecule has 2 aromatic rings. The normalized spacial score (nSPS) is 16.6. The van der Waals surface area contributed by atoms with Gasteiger partial charge in [-0.05, 0) is 68.5 Å². The molecule has 2 heterocycles. The fourth-order valence-corrected chi connectivity index (χ4v) is 3.54. The summed E-state index contributed by atoms with van der Waals surface area (Å²) in [5, 5.41) is 6.43. The zero-order valence-electron chi connectivity index (χ0n) is 16.0. The maximum atomic E-state index is 12.5. The fraction of sp³-hybridized carbons (Fsp3) is 0.429. The number of urea groups is 1. The van der Waals surface area contributed by atoms with E-state index in [1.807, 2.05) is 24.0 Å². The van der Waals surface area contributed by atoms with Crippen LogP contribution in [-0.2, 0) is 11.3 Å². The zero-order chi connectivity index (χ0) is 19.9. The number of furan rings is 1. The Bertz CT molecular complexity index is 803. The monoisotopic (exact) mass is 403 g/mol. The molecule has 0 unspecified atom stereocenters. The molecule has 1 atom stereocenters. The highest BCUT2D eigenvalue weighted by Gasteiger charge is 2.24. The van der Waals surface area contributed by atoms with Gasteiger partial charge in [-0.15, -0.1) is 0 Å². The highest BCUT2D eigenvalue weighted by Crippen LogP contribution is 2.22. The summed E-state index contributed by atoms with van der Waals surface area (Å²) in [7, 11) is 0. The Hall–Kier alpha value is -2.47. The zero-order valence-corrected chi connectivity index (χ0v) is 16.8. The van der Waals surface area contributed by atoms with Gasteiger partial charge in [0.15, 0.2) is 0 Å². The van der Waals surface area contributed by atoms with Gasteiger partial charge in [0.25, 0.3) is 0 Å². The highest BCUT2D eigenvalue weighted by molar-refractivity contribution is 6.30. The van der Waals surface area contributed by atoms with E-state index in [-0.39, 0.29) is 11.9 Å². The third-order valence-electron chi connectivity index (χ3n) is 4.94. The molecule has 1 fully saturated rings. The first-order valence-corrected chi connectivity index (χ1v) is 10.0. The van der Waals surface area contributed by atoms with Crippen molar-refractivity contribution in [3.63, 3.8) is 0 Å². The average Bonchev–Trinajstić information content (AvgIpc) is 3.12. The van der Waals surface area contributed by atoms with Crippen LogP contribution < -0.4 is 10.6 Å². The highest BCUT2D eigenvalue weighted by atomic mass is 35.5. The number of carbonyl (C=O) groups excluding carboxylic acids is 2. The van der Waals surface area contributed by atoms with Gasteiger partial charge in [-0.2, -0.15) is 0 Å². The maximum absolute atomic E-state index is 12.5. The van der Waals surface area contributed by atoms with Crippen LogP contribution in [0.3, 0.4) is 0 Å². The van der Waals surface area contributed by atoms with Gasteiger partial charge in [0, 0.05) is 30.2 Å². The van der Waals surface area contributed by atoms with Crippen LogP contribution in [0.25, 0.3) is 0 Å². The van der Waals surface area contributed by atoms with Crippen molar-refractivity contribution in [2.24, 2.45) is 5.92 Å². The van der Waals surface area contributed by atoms with E-state index in [1.54, 1.807) is 24.3 Å². The molecule has 1 aromatic heterocycles. The summed E-state index contributed by atoms with van der Waals surface area (Å²) in [5.74, 6) is 1.94. The summed E-state index contributed by atoms with van der Waals surface area (Å²) in [6.45, 7) is 3.69. The van der Waals surface area contributed by atoms with Crippen molar-refractivity contribution >= 4 is 29.2 Å². The predicted molar refractivity (Wildman–Crippen MR) is 109 cm³/mol. The van der Waals surface area contributed by atoms with Crippen molar-refractivity contribution in [2.75, 3.05) is 18.4 Å². The lowest BCUT2D eigenvalue weighted by Gasteiger charge is -2.32. The number of halogens is 1. The number of nitrogens with zero attached hydrogens (tertiary/aromatic N) is 1. The van der Waals surface area contributed by atoms with Crippen molar-refractivity contribution in [3.8, 4) is 0 Å². The molecular formula is C21H26ClN3O3. The number of rotatable bonds is 6. The number of benzene rings is 1. The molecule has 1 aliphatic rings. The van der Waals surface area contributed by atoms with Gasteiger partial charge < -0.3 is 20.0 Å². The van der Waals surface area contributed by atoms with Gasteiger partial charge in [0.2, 0.25) is 5.91 Å². The number of hydrogen-bond donors (Lipinski definition) is 2. The second kappa shape index (κ2) is 9.64. The molecule has 0 aliphatic carbocycles. The Labute approximate surface area is 170 Å². The summed E-state index contributed by atoms with van der Waals surface area (Å²) in [6, 6.07) is 10.7. The number of hydrogen-bond acceptors (Lipinski definition) is 3. The van der Waals surface area contributed by atoms with Gasteiger partial charge in [-0.3, -0.25) is 4.79 Å². The number of nitrogens with one attached hydrogen (secondary N) is 2. The molecular weight excluding hydrogens is 378 g/mol. The molecule has 0 bridgehead atoms. The Kier molecular flexibility index (Phi) is 6.98. The average molecular weight is 404 g/mol. The van der Waals surface area contributed by atoms with Crippen LogP contribution in [-0.4, -0.2) is 29.9 Å². The third-order valence-corrected chi connectivity index (χ3v) is 5.19. The molecule has 1 saturated heterocycles. The third kappa shape index (κ3) is 6.02. The molecule has 0 spiro atoms. The quantitative estimate of drug-likeness (QED) is 0.741. The SMILES string of the molecule is Cc1ccc(CNC(=O)CC[C@@H]2CCCN(C(=O)Nc3ccc(Cl)cc3)C2)o1. The topological polar surface area (TPSA) is 74.6 Å². The number of aryl methyl sites for hydroxylation is 1. The summed E-state index contributed by atoms with van der Waals surface area (Å²) >= 11 is 5.87. The molecule has 2 N–H and O–H groups in total. The van der Waals surface area contributed by atoms with Crippen molar-refractivity contribution in [3.05, 3.63) is 52.9 Å². The first-order chi connectivity index (χ1) is 13.5. The van der Waals surface area contributed by atoms with Crippen molar-refractivity contribution < 1.29 is 14.0 Å². The summed E-state index contributed by atoms with van der Waals surface area (Å²) < 4.78 is 5.45. The minimum atomic E-state index is -0.107. The van der Waals surface area contributed by atoms with Crippen LogP contribution in [0, 0.1) is 12.8 Å². The van der Waals surface area contributed by atoms with Crippen LogP contribution in [0.5, 0.6) is 0 Å². The van der Waals surface area contributed by atoms with Crippen LogP contribution in [0.1, 0.15) is 37.2 Å². The van der Waals surface area contributed by atoms with Gasteiger partial charge in [-0.1, -0.05) is 11.6 Å². The van der Waals surface area contributed by atoms with Crippen molar-refractivity contribution in [1.82, 2.24) is 10.2 Å². The molecule has 3 amide bonds. The van der Waals surface area contributed by atoms with E-state index < -0.39 is 0 Å². The largest absolute Gasteiger partial charge is 0.465 e. The van der Waals surface area contributed by atoms with Crippen LogP contribution >= 0.6 is 11.6 Å². The minimum Gasteiger partial charge on any atom is -0.465 e.